The molecule has 0 aliphatic heterocycles. The Bertz CT molecular complexity index is 531. The lowest BCUT2D eigenvalue weighted by molar-refractivity contribution is -0.146. The number of carbonyl (C=O) groups is 1. The van der Waals surface area contributed by atoms with Crippen molar-refractivity contribution in [3.05, 3.63) is 29.3 Å². The van der Waals surface area contributed by atoms with Crippen molar-refractivity contribution in [1.29, 1.82) is 0 Å². The minimum atomic E-state index is -4.64. The van der Waals surface area contributed by atoms with E-state index in [1.165, 1.54) is 0 Å². The normalized spacial score (nSPS) is 12.0. The fraction of sp³-hybridized carbons (Fsp3) is 0.562. The van der Waals surface area contributed by atoms with E-state index >= 15 is 0 Å². The third-order valence-corrected chi connectivity index (χ3v) is 3.01. The molecule has 0 bridgehead atoms. The number of benzene rings is 1. The molecular weight excluding hydrogens is 351 g/mol. The van der Waals surface area contributed by atoms with Crippen LogP contribution in [0.5, 0.6) is 5.75 Å². The Labute approximate surface area is 148 Å². The van der Waals surface area contributed by atoms with Crippen molar-refractivity contribution in [2.24, 2.45) is 0 Å². The quantitative estimate of drug-likeness (QED) is 0.435. The molecule has 8 nitrogen and oxygen atoms in total. The highest BCUT2D eigenvalue weighted by Gasteiger charge is 2.11. The number of phosphoric acid groups is 1. The van der Waals surface area contributed by atoms with Crippen LogP contribution in [0.25, 0.3) is 0 Å². The number of rotatable bonds is 4. The van der Waals surface area contributed by atoms with Gasteiger partial charge in [0.1, 0.15) is 5.75 Å². The molecular formula is C16H29O8P. The van der Waals surface area contributed by atoms with E-state index in [1.54, 1.807) is 6.92 Å². The smallest absolute Gasteiger partial charge is 0.466 e. The molecule has 6 N–H and O–H groups in total. The maximum atomic E-state index is 9.93. The van der Waals surface area contributed by atoms with Crippen molar-refractivity contribution in [2.45, 2.75) is 59.0 Å². The SMILES string of the molecule is CC(C)c1cccc(C(C)C)c1O.CCC(O)C(=O)O.O=P(O)(O)O. The summed E-state index contributed by atoms with van der Waals surface area (Å²) in [4.78, 5) is 31.2. The lowest BCUT2D eigenvalue weighted by atomic mass is 9.94. The van der Waals surface area contributed by atoms with Gasteiger partial charge in [-0.2, -0.15) is 0 Å². The number of phenols is 1. The van der Waals surface area contributed by atoms with Gasteiger partial charge < -0.3 is 30.0 Å². The van der Waals surface area contributed by atoms with Crippen LogP contribution in [0.3, 0.4) is 0 Å². The Hall–Kier alpha value is -1.44. The summed E-state index contributed by atoms with van der Waals surface area (Å²) in [5.74, 6) is 0.104. The largest absolute Gasteiger partial charge is 0.507 e. The van der Waals surface area contributed by atoms with Crippen molar-refractivity contribution in [3.8, 4) is 5.75 Å². The van der Waals surface area contributed by atoms with Crippen molar-refractivity contribution < 1.29 is 39.4 Å². The number of phenolic OH excluding ortho intramolecular Hbond substituents is 1. The van der Waals surface area contributed by atoms with E-state index in [-0.39, 0.29) is 6.42 Å². The molecule has 0 aliphatic rings. The second kappa shape index (κ2) is 12.0. The summed E-state index contributed by atoms with van der Waals surface area (Å²) in [7, 11) is -4.64. The highest BCUT2D eigenvalue weighted by molar-refractivity contribution is 7.45. The van der Waals surface area contributed by atoms with E-state index in [2.05, 4.69) is 27.7 Å². The third-order valence-electron chi connectivity index (χ3n) is 3.01. The number of para-hydroxylation sites is 1. The molecule has 1 rings (SSSR count). The number of aromatic hydroxyl groups is 1. The van der Waals surface area contributed by atoms with Gasteiger partial charge in [0, 0.05) is 0 Å². The minimum absolute atomic E-state index is 0.273. The summed E-state index contributed by atoms with van der Waals surface area (Å²) >= 11 is 0. The molecule has 1 aromatic carbocycles. The lowest BCUT2D eigenvalue weighted by Gasteiger charge is -2.14. The Balaban J connectivity index is 0. The third kappa shape index (κ3) is 13.5. The molecule has 1 aromatic rings. The van der Waals surface area contributed by atoms with Gasteiger partial charge >= 0.3 is 13.8 Å². The average molecular weight is 380 g/mol. The molecule has 0 spiro atoms. The molecule has 0 heterocycles. The van der Waals surface area contributed by atoms with E-state index in [0.29, 0.717) is 17.6 Å². The molecule has 0 amide bonds. The topological polar surface area (TPSA) is 156 Å². The van der Waals surface area contributed by atoms with Gasteiger partial charge in [-0.15, -0.1) is 0 Å². The van der Waals surface area contributed by atoms with Crippen LogP contribution in [-0.4, -0.2) is 42.1 Å². The standard InChI is InChI=1S/C12H18O.C4H8O3.H3O4P/c1-8(2)10-6-5-7-11(9(3)4)12(10)13;1-2-3(5)4(6)7;1-5(2,3)4/h5-9,13H,1-4H3;3,5H,2H2,1H3,(H,6,7);(H3,1,2,3,4). The van der Waals surface area contributed by atoms with Crippen LogP contribution in [0.4, 0.5) is 0 Å². The maximum Gasteiger partial charge on any atom is 0.466 e. The van der Waals surface area contributed by atoms with E-state index in [0.717, 1.165) is 11.1 Å². The van der Waals surface area contributed by atoms with Crippen LogP contribution >= 0.6 is 7.82 Å². The monoisotopic (exact) mass is 380 g/mol. The summed E-state index contributed by atoms with van der Waals surface area (Å²) in [6.07, 6.45) is -0.907. The molecule has 9 heteroatoms. The van der Waals surface area contributed by atoms with Crippen molar-refractivity contribution >= 4 is 13.8 Å². The van der Waals surface area contributed by atoms with Crippen LogP contribution < -0.4 is 0 Å². The van der Waals surface area contributed by atoms with Gasteiger partial charge in [-0.1, -0.05) is 52.8 Å². The predicted octanol–water partition coefficient (Wildman–Crippen LogP) is 2.55. The Morgan fingerprint density at radius 1 is 1.04 bits per heavy atom. The number of carboxylic acid groups (broad SMARTS) is 1. The zero-order chi connectivity index (χ0) is 20.4. The highest BCUT2D eigenvalue weighted by atomic mass is 31.2. The molecule has 1 atom stereocenters. The van der Waals surface area contributed by atoms with Crippen LogP contribution in [-0.2, 0) is 9.36 Å². The molecule has 0 aliphatic carbocycles. The first-order valence-corrected chi connectivity index (χ1v) is 9.29. The second-order valence-electron chi connectivity index (χ2n) is 5.87. The molecule has 146 valence electrons. The minimum Gasteiger partial charge on any atom is -0.507 e. The Kier molecular flexibility index (Phi) is 12.4. The van der Waals surface area contributed by atoms with Gasteiger partial charge in [0.2, 0.25) is 0 Å². The molecule has 25 heavy (non-hydrogen) atoms. The molecule has 0 saturated heterocycles. The van der Waals surface area contributed by atoms with Crippen LogP contribution in [0.1, 0.15) is 64.0 Å². The van der Waals surface area contributed by atoms with Crippen LogP contribution in [0, 0.1) is 0 Å². The molecule has 0 saturated carbocycles. The number of aliphatic hydroxyl groups excluding tert-OH is 1. The highest BCUT2D eigenvalue weighted by Crippen LogP contribution is 2.32. The Morgan fingerprint density at radius 2 is 1.36 bits per heavy atom. The number of carboxylic acids is 1. The van der Waals surface area contributed by atoms with E-state index in [1.807, 2.05) is 18.2 Å². The summed E-state index contributed by atoms with van der Waals surface area (Å²) in [5.41, 5.74) is 2.09. The van der Waals surface area contributed by atoms with Gasteiger partial charge in [0.15, 0.2) is 6.10 Å². The van der Waals surface area contributed by atoms with Gasteiger partial charge in [-0.3, -0.25) is 0 Å². The summed E-state index contributed by atoms with van der Waals surface area (Å²) in [5, 5.41) is 26.2. The maximum absolute atomic E-state index is 9.93. The van der Waals surface area contributed by atoms with Gasteiger partial charge in [-0.05, 0) is 29.4 Å². The van der Waals surface area contributed by atoms with Crippen LogP contribution in [0.2, 0.25) is 0 Å². The average Bonchev–Trinajstić information content (AvgIpc) is 2.44. The number of hydrogen-bond donors (Lipinski definition) is 6. The molecule has 0 fully saturated rings. The van der Waals surface area contributed by atoms with E-state index in [9.17, 15) is 9.90 Å². The number of hydrogen-bond acceptors (Lipinski definition) is 4. The van der Waals surface area contributed by atoms with E-state index in [4.69, 9.17) is 29.5 Å². The molecule has 0 radical (unpaired) electrons. The van der Waals surface area contributed by atoms with Crippen LogP contribution in [0.15, 0.2) is 18.2 Å². The van der Waals surface area contributed by atoms with Crippen molar-refractivity contribution in [1.82, 2.24) is 0 Å². The van der Waals surface area contributed by atoms with E-state index < -0.39 is 19.9 Å². The first-order chi connectivity index (χ1) is 11.2. The molecule has 1 unspecified atom stereocenters. The summed E-state index contributed by atoms with van der Waals surface area (Å²) in [6, 6.07) is 6.00. The van der Waals surface area contributed by atoms with Crippen molar-refractivity contribution in [3.63, 3.8) is 0 Å². The first kappa shape index (κ1) is 25.8. The predicted molar refractivity (Wildman–Crippen MR) is 94.5 cm³/mol. The van der Waals surface area contributed by atoms with Gasteiger partial charge in [0.05, 0.1) is 0 Å². The molecule has 0 aromatic heterocycles. The van der Waals surface area contributed by atoms with Crippen molar-refractivity contribution in [2.75, 3.05) is 0 Å². The fourth-order valence-corrected chi connectivity index (χ4v) is 1.69. The fourth-order valence-electron chi connectivity index (χ4n) is 1.69. The number of aliphatic hydroxyl groups is 1. The van der Waals surface area contributed by atoms with Gasteiger partial charge in [0.25, 0.3) is 0 Å². The first-order valence-electron chi connectivity index (χ1n) is 7.73. The second-order valence-corrected chi connectivity index (χ2v) is 6.90. The summed E-state index contributed by atoms with van der Waals surface area (Å²) < 4.78 is 8.88. The lowest BCUT2D eigenvalue weighted by Crippen LogP contribution is -2.17. The van der Waals surface area contributed by atoms with Gasteiger partial charge in [-0.25, -0.2) is 9.36 Å². The zero-order valence-electron chi connectivity index (χ0n) is 15.1. The Morgan fingerprint density at radius 3 is 1.52 bits per heavy atom. The zero-order valence-corrected chi connectivity index (χ0v) is 16.0. The summed E-state index contributed by atoms with van der Waals surface area (Å²) in [6.45, 7) is 10.00. The number of aliphatic carboxylic acids is 1.